The molecule has 1 N–H and O–H groups in total. The third-order valence-corrected chi connectivity index (χ3v) is 3.44. The summed E-state index contributed by atoms with van der Waals surface area (Å²) in [5.74, 6) is 0.140. The summed E-state index contributed by atoms with van der Waals surface area (Å²) in [6.07, 6.45) is 3.05. The molecule has 4 nitrogen and oxygen atoms in total. The first kappa shape index (κ1) is 17.5. The molecular weight excluding hydrogens is 400 g/mol. The van der Waals surface area contributed by atoms with Crippen molar-refractivity contribution in [3.05, 3.63) is 44.9 Å². The van der Waals surface area contributed by atoms with E-state index in [2.05, 4.69) is 43.8 Å². The number of ether oxygens (including phenoxy) is 1. The average Bonchev–Trinajstić information content (AvgIpc) is 2.45. The summed E-state index contributed by atoms with van der Waals surface area (Å²) in [7, 11) is 0. The van der Waals surface area contributed by atoms with Crippen molar-refractivity contribution in [1.82, 2.24) is 5.32 Å². The van der Waals surface area contributed by atoms with Crippen LogP contribution in [-0.2, 0) is 4.79 Å². The van der Waals surface area contributed by atoms with E-state index >= 15 is 0 Å². The highest BCUT2D eigenvalue weighted by molar-refractivity contribution is 9.11. The van der Waals surface area contributed by atoms with Gasteiger partial charge >= 0.3 is 0 Å². The second kappa shape index (κ2) is 8.65. The van der Waals surface area contributed by atoms with Crippen LogP contribution in [0.1, 0.15) is 12.5 Å². The third kappa shape index (κ3) is 5.03. The van der Waals surface area contributed by atoms with Crippen LogP contribution in [0, 0.1) is 11.3 Å². The van der Waals surface area contributed by atoms with Crippen LogP contribution in [0.15, 0.2) is 39.3 Å². The van der Waals surface area contributed by atoms with E-state index in [0.29, 0.717) is 24.5 Å². The summed E-state index contributed by atoms with van der Waals surface area (Å²) in [6, 6.07) is 5.52. The van der Waals surface area contributed by atoms with E-state index in [4.69, 9.17) is 10.00 Å². The largest absolute Gasteiger partial charge is 0.492 e. The molecule has 1 aromatic rings. The molecule has 1 rings (SSSR count). The van der Waals surface area contributed by atoms with Gasteiger partial charge in [0.2, 0.25) is 0 Å². The van der Waals surface area contributed by atoms with Crippen LogP contribution in [0.4, 0.5) is 0 Å². The molecule has 0 aliphatic rings. The molecule has 0 spiro atoms. The van der Waals surface area contributed by atoms with Crippen molar-refractivity contribution in [3.63, 3.8) is 0 Å². The third-order valence-electron chi connectivity index (χ3n) is 2.40. The highest BCUT2D eigenvalue weighted by atomic mass is 79.9. The molecule has 0 fully saturated rings. The lowest BCUT2D eigenvalue weighted by Crippen LogP contribution is -2.24. The maximum atomic E-state index is 11.9. The van der Waals surface area contributed by atoms with E-state index < -0.39 is 5.91 Å². The molecule has 1 aromatic carbocycles. The number of hydrogen-bond donors (Lipinski definition) is 1. The zero-order valence-electron chi connectivity index (χ0n) is 11.5. The molecule has 0 unspecified atom stereocenters. The summed E-state index contributed by atoms with van der Waals surface area (Å²) in [5.41, 5.74) is 0.645. The molecule has 21 heavy (non-hydrogen) atoms. The number of amides is 1. The first-order valence-corrected chi connectivity index (χ1v) is 7.74. The minimum Gasteiger partial charge on any atom is -0.492 e. The number of nitriles is 1. The molecule has 0 aliphatic heterocycles. The zero-order chi connectivity index (χ0) is 15.8. The van der Waals surface area contributed by atoms with Gasteiger partial charge in [0.15, 0.2) is 0 Å². The predicted molar refractivity (Wildman–Crippen MR) is 89.8 cm³/mol. The number of nitrogens with one attached hydrogen (secondary N) is 1. The van der Waals surface area contributed by atoms with E-state index in [-0.39, 0.29) is 5.57 Å². The topological polar surface area (TPSA) is 62.1 Å². The van der Waals surface area contributed by atoms with Gasteiger partial charge in [-0.2, -0.15) is 5.26 Å². The second-order valence-corrected chi connectivity index (χ2v) is 5.68. The van der Waals surface area contributed by atoms with Crippen LogP contribution in [0.5, 0.6) is 5.75 Å². The van der Waals surface area contributed by atoms with Crippen LogP contribution in [0.25, 0.3) is 6.08 Å². The van der Waals surface area contributed by atoms with E-state index in [1.807, 2.05) is 19.1 Å². The molecule has 0 saturated heterocycles. The fourth-order valence-corrected chi connectivity index (χ4v) is 2.92. The van der Waals surface area contributed by atoms with Gasteiger partial charge in [-0.1, -0.05) is 22.0 Å². The van der Waals surface area contributed by atoms with Crippen LogP contribution < -0.4 is 10.1 Å². The van der Waals surface area contributed by atoms with Crippen molar-refractivity contribution < 1.29 is 9.53 Å². The van der Waals surface area contributed by atoms with Crippen LogP contribution >= 0.6 is 31.9 Å². The van der Waals surface area contributed by atoms with Gasteiger partial charge in [0.1, 0.15) is 17.4 Å². The van der Waals surface area contributed by atoms with Gasteiger partial charge < -0.3 is 10.1 Å². The lowest BCUT2D eigenvalue weighted by molar-refractivity contribution is -0.116. The summed E-state index contributed by atoms with van der Waals surface area (Å²) in [4.78, 5) is 11.9. The predicted octanol–water partition coefficient (Wildman–Crippen LogP) is 3.82. The van der Waals surface area contributed by atoms with E-state index in [1.165, 1.54) is 6.08 Å². The molecule has 0 radical (unpaired) electrons. The Morgan fingerprint density at radius 2 is 2.24 bits per heavy atom. The standard InChI is InChI=1S/C15H14Br2N2O2/c1-3-5-19-15(20)11(9-18)6-10-7-12(16)8-13(17)14(10)21-4-2/h3,6-8H,1,4-5H2,2H3,(H,19,20)/b11-6+. The van der Waals surface area contributed by atoms with E-state index in [9.17, 15) is 4.79 Å². The zero-order valence-corrected chi connectivity index (χ0v) is 14.6. The minimum absolute atomic E-state index is 0.00260. The number of nitrogens with zero attached hydrogens (tertiary/aromatic N) is 1. The molecule has 0 atom stereocenters. The number of benzene rings is 1. The van der Waals surface area contributed by atoms with Gasteiger partial charge in [-0.15, -0.1) is 6.58 Å². The molecule has 0 aromatic heterocycles. The van der Waals surface area contributed by atoms with Crippen molar-refractivity contribution in [2.45, 2.75) is 6.92 Å². The Bertz CT molecular complexity index is 619. The van der Waals surface area contributed by atoms with E-state index in [1.54, 1.807) is 12.1 Å². The van der Waals surface area contributed by atoms with Crippen LogP contribution in [0.3, 0.4) is 0 Å². The highest BCUT2D eigenvalue weighted by Gasteiger charge is 2.13. The van der Waals surface area contributed by atoms with Gasteiger partial charge in [-0.3, -0.25) is 4.79 Å². The Labute approximate surface area is 140 Å². The number of rotatable bonds is 6. The van der Waals surface area contributed by atoms with E-state index in [0.717, 1.165) is 8.95 Å². The molecular formula is C15H14Br2N2O2. The lowest BCUT2D eigenvalue weighted by atomic mass is 10.1. The fraction of sp³-hybridized carbons (Fsp3) is 0.200. The fourth-order valence-electron chi connectivity index (χ4n) is 1.55. The molecule has 1 amide bonds. The van der Waals surface area contributed by atoms with Crippen LogP contribution in [0.2, 0.25) is 0 Å². The SMILES string of the molecule is C=CCNC(=O)/C(C#N)=C/c1cc(Br)cc(Br)c1OCC. The number of hydrogen-bond acceptors (Lipinski definition) is 3. The maximum Gasteiger partial charge on any atom is 0.262 e. The van der Waals surface area contributed by atoms with Gasteiger partial charge in [-0.25, -0.2) is 0 Å². The van der Waals surface area contributed by atoms with Gasteiger partial charge in [0.25, 0.3) is 5.91 Å². The van der Waals surface area contributed by atoms with Crippen molar-refractivity contribution in [2.24, 2.45) is 0 Å². The molecule has 0 heterocycles. The van der Waals surface area contributed by atoms with Crippen LogP contribution in [-0.4, -0.2) is 19.1 Å². The Balaban J connectivity index is 3.24. The minimum atomic E-state index is -0.448. The number of carbonyl (C=O) groups excluding carboxylic acids is 1. The summed E-state index contributed by atoms with van der Waals surface area (Å²) >= 11 is 6.79. The van der Waals surface area contributed by atoms with Gasteiger partial charge in [-0.05, 0) is 41.1 Å². The Morgan fingerprint density at radius 3 is 2.81 bits per heavy atom. The quantitative estimate of drug-likeness (QED) is 0.438. The Hall–Kier alpha value is -1.58. The Kier molecular flexibility index (Phi) is 7.20. The first-order valence-electron chi connectivity index (χ1n) is 6.16. The smallest absolute Gasteiger partial charge is 0.262 e. The summed E-state index contributed by atoms with van der Waals surface area (Å²) in [5, 5.41) is 11.7. The maximum absolute atomic E-state index is 11.9. The molecule has 0 aliphatic carbocycles. The average molecular weight is 414 g/mol. The summed E-state index contributed by atoms with van der Waals surface area (Å²) < 4.78 is 7.12. The van der Waals surface area contributed by atoms with Crippen molar-refractivity contribution in [1.29, 1.82) is 5.26 Å². The number of halogens is 2. The molecule has 0 saturated carbocycles. The van der Waals surface area contributed by atoms with Gasteiger partial charge in [0.05, 0.1) is 11.1 Å². The Morgan fingerprint density at radius 1 is 1.52 bits per heavy atom. The molecule has 6 heteroatoms. The van der Waals surface area contributed by atoms with Crippen molar-refractivity contribution in [2.75, 3.05) is 13.2 Å². The monoisotopic (exact) mass is 412 g/mol. The molecule has 0 bridgehead atoms. The lowest BCUT2D eigenvalue weighted by Gasteiger charge is -2.11. The van der Waals surface area contributed by atoms with Crippen molar-refractivity contribution in [3.8, 4) is 11.8 Å². The summed E-state index contributed by atoms with van der Waals surface area (Å²) in [6.45, 7) is 6.16. The first-order chi connectivity index (χ1) is 10.0. The molecule has 110 valence electrons. The second-order valence-electron chi connectivity index (χ2n) is 3.91. The highest BCUT2D eigenvalue weighted by Crippen LogP contribution is 2.34. The van der Waals surface area contributed by atoms with Crippen molar-refractivity contribution >= 4 is 43.8 Å². The van der Waals surface area contributed by atoms with Gasteiger partial charge in [0, 0.05) is 16.6 Å². The number of carbonyl (C=O) groups is 1. The normalized spacial score (nSPS) is 10.7.